The van der Waals surface area contributed by atoms with Crippen molar-refractivity contribution in [3.05, 3.63) is 23.4 Å². The summed E-state index contributed by atoms with van der Waals surface area (Å²) < 4.78 is 0. The van der Waals surface area contributed by atoms with Gasteiger partial charge in [0.15, 0.2) is 0 Å². The molecule has 0 spiro atoms. The van der Waals surface area contributed by atoms with Crippen LogP contribution in [0.15, 0.2) is 18.2 Å². The van der Waals surface area contributed by atoms with Crippen molar-refractivity contribution in [3.63, 3.8) is 0 Å². The van der Waals surface area contributed by atoms with Crippen molar-refractivity contribution < 1.29 is 4.79 Å². The van der Waals surface area contributed by atoms with E-state index < -0.39 is 0 Å². The van der Waals surface area contributed by atoms with Crippen molar-refractivity contribution >= 4 is 34.6 Å². The van der Waals surface area contributed by atoms with E-state index in [2.05, 4.69) is 15.5 Å². The lowest BCUT2D eigenvalue weighted by Gasteiger charge is -1.97. The molecule has 5 heteroatoms. The lowest BCUT2D eigenvalue weighted by Crippen LogP contribution is -1.93. The summed E-state index contributed by atoms with van der Waals surface area (Å²) >= 11 is 5.81. The molecule has 2 N–H and O–H groups in total. The van der Waals surface area contributed by atoms with Crippen molar-refractivity contribution in [2.75, 3.05) is 5.32 Å². The Kier molecular flexibility index (Phi) is 1.90. The number of fused-ring (bicyclic) bond motifs is 1. The number of hydrogen-bond donors (Lipinski definition) is 2. The van der Waals surface area contributed by atoms with Crippen LogP contribution in [-0.4, -0.2) is 16.6 Å². The average Bonchev–Trinajstić information content (AvgIpc) is 2.50. The molecule has 1 aromatic heterocycles. The molecule has 0 bridgehead atoms. The second kappa shape index (κ2) is 3.06. The zero-order chi connectivity index (χ0) is 9.26. The highest BCUT2D eigenvalue weighted by Gasteiger charge is 2.05. The first-order valence-electron chi connectivity index (χ1n) is 3.65. The largest absolute Gasteiger partial charge is 0.327 e. The molecule has 0 fully saturated rings. The average molecular weight is 196 g/mol. The highest BCUT2D eigenvalue weighted by Crippen LogP contribution is 2.25. The molecule has 0 saturated heterocycles. The lowest BCUT2D eigenvalue weighted by molar-refractivity contribution is -0.105. The van der Waals surface area contributed by atoms with Gasteiger partial charge < -0.3 is 5.32 Å². The van der Waals surface area contributed by atoms with E-state index in [9.17, 15) is 4.79 Å². The summed E-state index contributed by atoms with van der Waals surface area (Å²) in [5.41, 5.74) is 1.32. The second-order valence-corrected chi connectivity index (χ2v) is 2.88. The molecule has 13 heavy (non-hydrogen) atoms. The van der Waals surface area contributed by atoms with Crippen LogP contribution in [0.4, 0.5) is 5.69 Å². The number of hydrogen-bond acceptors (Lipinski definition) is 2. The molecule has 1 amide bonds. The normalized spacial score (nSPS) is 10.2. The summed E-state index contributed by atoms with van der Waals surface area (Å²) in [6.45, 7) is 0. The van der Waals surface area contributed by atoms with Crippen molar-refractivity contribution in [2.24, 2.45) is 0 Å². The van der Waals surface area contributed by atoms with E-state index in [1.165, 1.54) is 0 Å². The quantitative estimate of drug-likeness (QED) is 0.718. The molecule has 0 aliphatic heterocycles. The number of aromatic nitrogens is 2. The maximum Gasteiger partial charge on any atom is 0.211 e. The van der Waals surface area contributed by atoms with Gasteiger partial charge in [-0.1, -0.05) is 17.7 Å². The molecule has 1 aromatic carbocycles. The molecule has 4 nitrogen and oxygen atoms in total. The number of rotatable bonds is 2. The number of amides is 1. The summed E-state index contributed by atoms with van der Waals surface area (Å²) in [5, 5.41) is 10.4. The zero-order valence-electron chi connectivity index (χ0n) is 6.54. The number of H-pyrrole nitrogens is 1. The number of para-hydroxylation sites is 1. The number of benzene rings is 1. The van der Waals surface area contributed by atoms with Crippen molar-refractivity contribution in [2.45, 2.75) is 0 Å². The number of nitrogens with one attached hydrogen (secondary N) is 2. The Morgan fingerprint density at radius 3 is 3.15 bits per heavy atom. The van der Waals surface area contributed by atoms with Crippen molar-refractivity contribution in [3.8, 4) is 0 Å². The van der Waals surface area contributed by atoms with Crippen molar-refractivity contribution in [1.29, 1.82) is 0 Å². The predicted molar refractivity (Wildman–Crippen MR) is 50.8 cm³/mol. The molecule has 0 unspecified atom stereocenters. The minimum atomic E-state index is 0.476. The van der Waals surface area contributed by atoms with Crippen LogP contribution in [0.1, 0.15) is 0 Å². The van der Waals surface area contributed by atoms with Gasteiger partial charge in [-0.05, 0) is 12.1 Å². The summed E-state index contributed by atoms with van der Waals surface area (Å²) in [7, 11) is 0. The fourth-order valence-corrected chi connectivity index (χ4v) is 1.38. The molecular weight excluding hydrogens is 190 g/mol. The fourth-order valence-electron chi connectivity index (χ4n) is 1.19. The van der Waals surface area contributed by atoms with Crippen LogP contribution in [-0.2, 0) is 4.79 Å². The summed E-state index contributed by atoms with van der Waals surface area (Å²) in [6, 6.07) is 5.39. The molecule has 66 valence electrons. The van der Waals surface area contributed by atoms with Gasteiger partial charge in [-0.15, -0.1) is 0 Å². The number of aromatic amines is 1. The number of anilines is 1. The van der Waals surface area contributed by atoms with Gasteiger partial charge in [0.2, 0.25) is 6.41 Å². The van der Waals surface area contributed by atoms with Gasteiger partial charge in [-0.2, -0.15) is 5.10 Å². The monoisotopic (exact) mass is 195 g/mol. The molecular formula is C8H6ClN3O. The Labute approximate surface area is 78.9 Å². The van der Waals surface area contributed by atoms with Gasteiger partial charge >= 0.3 is 0 Å². The third-order valence-electron chi connectivity index (χ3n) is 1.75. The fraction of sp³-hybridized carbons (Fsp3) is 0. The first kappa shape index (κ1) is 8.07. The molecule has 2 rings (SSSR count). The van der Waals surface area contributed by atoms with E-state index in [1.807, 2.05) is 6.07 Å². The van der Waals surface area contributed by atoms with Crippen LogP contribution >= 0.6 is 11.6 Å². The SMILES string of the molecule is O=CNc1cccc2c(Cl)[nH]nc12. The Morgan fingerprint density at radius 2 is 2.38 bits per heavy atom. The van der Waals surface area contributed by atoms with Gasteiger partial charge in [0.1, 0.15) is 10.7 Å². The standard InChI is InChI=1S/C8H6ClN3O/c9-8-5-2-1-3-6(10-4-13)7(5)11-12-8/h1-4H,(H,10,13)(H,11,12). The van der Waals surface area contributed by atoms with Gasteiger partial charge in [0.25, 0.3) is 0 Å². The van der Waals surface area contributed by atoms with Gasteiger partial charge in [-0.25, -0.2) is 0 Å². The number of nitrogens with zero attached hydrogens (tertiary/aromatic N) is 1. The maximum atomic E-state index is 10.2. The third kappa shape index (κ3) is 1.25. The van der Waals surface area contributed by atoms with E-state index in [4.69, 9.17) is 11.6 Å². The highest BCUT2D eigenvalue weighted by atomic mass is 35.5. The lowest BCUT2D eigenvalue weighted by atomic mass is 10.2. The molecule has 0 radical (unpaired) electrons. The minimum absolute atomic E-state index is 0.476. The Balaban J connectivity index is 2.69. The Morgan fingerprint density at radius 1 is 1.54 bits per heavy atom. The number of halogens is 1. The van der Waals surface area contributed by atoms with Crippen LogP contribution < -0.4 is 5.32 Å². The molecule has 0 aliphatic rings. The Hall–Kier alpha value is -1.55. The first-order chi connectivity index (χ1) is 6.33. The van der Waals surface area contributed by atoms with Gasteiger partial charge in [-0.3, -0.25) is 9.89 Å². The zero-order valence-corrected chi connectivity index (χ0v) is 7.30. The molecule has 0 saturated carbocycles. The van der Waals surface area contributed by atoms with E-state index in [-0.39, 0.29) is 0 Å². The van der Waals surface area contributed by atoms with E-state index >= 15 is 0 Å². The smallest absolute Gasteiger partial charge is 0.211 e. The molecule has 0 aliphatic carbocycles. The Bertz CT molecular complexity index is 452. The highest BCUT2D eigenvalue weighted by molar-refractivity contribution is 6.34. The van der Waals surface area contributed by atoms with Crippen LogP contribution in [0.3, 0.4) is 0 Å². The first-order valence-corrected chi connectivity index (χ1v) is 4.03. The summed E-state index contributed by atoms with van der Waals surface area (Å²) in [6.07, 6.45) is 0.608. The summed E-state index contributed by atoms with van der Waals surface area (Å²) in [4.78, 5) is 10.2. The van der Waals surface area contributed by atoms with Crippen LogP contribution in [0.2, 0.25) is 5.15 Å². The second-order valence-electron chi connectivity index (χ2n) is 2.50. The van der Waals surface area contributed by atoms with Gasteiger partial charge in [0.05, 0.1) is 5.69 Å². The van der Waals surface area contributed by atoms with E-state index in [0.717, 1.165) is 5.39 Å². The predicted octanol–water partition coefficient (Wildman–Crippen LogP) is 1.78. The molecule has 1 heterocycles. The summed E-state index contributed by atoms with van der Waals surface area (Å²) in [5.74, 6) is 0. The van der Waals surface area contributed by atoms with Crippen molar-refractivity contribution in [1.82, 2.24) is 10.2 Å². The number of carbonyl (C=O) groups is 1. The van der Waals surface area contributed by atoms with Crippen LogP contribution in [0.5, 0.6) is 0 Å². The molecule has 2 aromatic rings. The minimum Gasteiger partial charge on any atom is -0.327 e. The maximum absolute atomic E-state index is 10.2. The van der Waals surface area contributed by atoms with Crippen LogP contribution in [0.25, 0.3) is 10.9 Å². The number of carbonyl (C=O) groups excluding carboxylic acids is 1. The third-order valence-corrected chi connectivity index (χ3v) is 2.04. The topological polar surface area (TPSA) is 57.8 Å². The van der Waals surface area contributed by atoms with E-state index in [1.54, 1.807) is 12.1 Å². The van der Waals surface area contributed by atoms with Gasteiger partial charge in [0, 0.05) is 5.39 Å². The molecule has 0 atom stereocenters. The van der Waals surface area contributed by atoms with E-state index in [0.29, 0.717) is 22.8 Å². The van der Waals surface area contributed by atoms with Crippen LogP contribution in [0, 0.1) is 0 Å².